The average molecular weight is 302 g/mol. The zero-order valence-electron chi connectivity index (χ0n) is 12.2. The smallest absolute Gasteiger partial charge is 0.223 e. The molecule has 116 valence electrons. The Labute approximate surface area is 121 Å². The minimum absolute atomic E-state index is 0.0248. The molecule has 0 heterocycles. The van der Waals surface area contributed by atoms with Crippen molar-refractivity contribution in [2.75, 3.05) is 5.75 Å². The van der Waals surface area contributed by atoms with Crippen molar-refractivity contribution >= 4 is 15.9 Å². The van der Waals surface area contributed by atoms with Gasteiger partial charge in [0.1, 0.15) is 0 Å². The van der Waals surface area contributed by atoms with Crippen LogP contribution in [0, 0.1) is 5.92 Å². The number of nitrogens with one attached hydrogen (secondary N) is 2. The molecule has 0 aliphatic heterocycles. The van der Waals surface area contributed by atoms with Crippen molar-refractivity contribution in [2.45, 2.75) is 70.4 Å². The summed E-state index contributed by atoms with van der Waals surface area (Å²) in [5.74, 6) is 0.284. The number of amides is 1. The fourth-order valence-electron chi connectivity index (χ4n) is 2.73. The molecule has 2 saturated carbocycles. The first-order chi connectivity index (χ1) is 9.50. The molecule has 20 heavy (non-hydrogen) atoms. The Hall–Kier alpha value is -0.620. The fraction of sp³-hybridized carbons (Fsp3) is 0.929. The van der Waals surface area contributed by atoms with E-state index in [4.69, 9.17) is 0 Å². The Kier molecular flexibility index (Phi) is 5.43. The lowest BCUT2D eigenvalue weighted by atomic mass is 9.85. The van der Waals surface area contributed by atoms with Gasteiger partial charge in [0.25, 0.3) is 0 Å². The van der Waals surface area contributed by atoms with Gasteiger partial charge in [-0.05, 0) is 38.5 Å². The predicted molar refractivity (Wildman–Crippen MR) is 78.7 cm³/mol. The van der Waals surface area contributed by atoms with E-state index in [1.165, 1.54) is 0 Å². The Bertz CT molecular complexity index is 432. The zero-order chi connectivity index (χ0) is 14.6. The van der Waals surface area contributed by atoms with Crippen LogP contribution in [-0.4, -0.2) is 32.2 Å². The van der Waals surface area contributed by atoms with Gasteiger partial charge < -0.3 is 5.32 Å². The first kappa shape index (κ1) is 15.8. The van der Waals surface area contributed by atoms with E-state index in [-0.39, 0.29) is 23.6 Å². The maximum Gasteiger partial charge on any atom is 0.223 e. The molecule has 2 N–H and O–H groups in total. The predicted octanol–water partition coefficient (Wildman–Crippen LogP) is 1.54. The summed E-state index contributed by atoms with van der Waals surface area (Å²) in [5, 5.41) is 3.03. The van der Waals surface area contributed by atoms with E-state index in [0.717, 1.165) is 38.5 Å². The van der Waals surface area contributed by atoms with Gasteiger partial charge >= 0.3 is 0 Å². The van der Waals surface area contributed by atoms with Gasteiger partial charge in [-0.25, -0.2) is 13.1 Å². The van der Waals surface area contributed by atoms with Crippen LogP contribution in [0.1, 0.15) is 58.3 Å². The molecule has 2 aliphatic carbocycles. The summed E-state index contributed by atoms with van der Waals surface area (Å²) in [5.41, 5.74) is 0. The van der Waals surface area contributed by atoms with Crippen LogP contribution in [0.4, 0.5) is 0 Å². The number of sulfonamides is 1. The topological polar surface area (TPSA) is 75.3 Å². The molecule has 0 bridgehead atoms. The lowest BCUT2D eigenvalue weighted by Gasteiger charge is -2.28. The van der Waals surface area contributed by atoms with Gasteiger partial charge in [0.05, 0.1) is 5.75 Å². The molecule has 0 saturated heterocycles. The number of carbonyl (C=O) groups is 1. The molecule has 0 spiro atoms. The van der Waals surface area contributed by atoms with Gasteiger partial charge in [-0.15, -0.1) is 0 Å². The summed E-state index contributed by atoms with van der Waals surface area (Å²) in [7, 11) is -3.18. The summed E-state index contributed by atoms with van der Waals surface area (Å²) in [6.45, 7) is 1.98. The van der Waals surface area contributed by atoms with Crippen molar-refractivity contribution in [3.63, 3.8) is 0 Å². The third kappa shape index (κ3) is 5.05. The van der Waals surface area contributed by atoms with Crippen molar-refractivity contribution in [1.82, 2.24) is 10.0 Å². The van der Waals surface area contributed by atoms with E-state index in [0.29, 0.717) is 18.9 Å². The van der Waals surface area contributed by atoms with Gasteiger partial charge in [0.15, 0.2) is 0 Å². The standard InChI is InChI=1S/C14H26N2O3S/c1-2-3-9-20(18,19)16-13-6-4-5-11(10-13)14(17)15-12-7-8-12/h11-13,16H,2-10H2,1H3,(H,15,17). The van der Waals surface area contributed by atoms with Crippen LogP contribution in [0.2, 0.25) is 0 Å². The molecule has 0 aromatic carbocycles. The molecule has 2 rings (SSSR count). The third-order valence-corrected chi connectivity index (χ3v) is 5.60. The molecule has 2 atom stereocenters. The largest absolute Gasteiger partial charge is 0.353 e. The highest BCUT2D eigenvalue weighted by Gasteiger charge is 2.32. The SMILES string of the molecule is CCCCS(=O)(=O)NC1CCCC(C(=O)NC2CC2)C1. The third-order valence-electron chi connectivity index (χ3n) is 4.08. The molecule has 2 unspecified atom stereocenters. The lowest BCUT2D eigenvalue weighted by Crippen LogP contribution is -2.43. The summed E-state index contributed by atoms with van der Waals surface area (Å²) < 4.78 is 26.6. The quantitative estimate of drug-likeness (QED) is 0.749. The van der Waals surface area contributed by atoms with Crippen molar-refractivity contribution in [3.05, 3.63) is 0 Å². The number of hydrogen-bond acceptors (Lipinski definition) is 3. The summed E-state index contributed by atoms with van der Waals surface area (Å²) in [6.07, 6.45) is 7.03. The molecule has 0 aromatic rings. The average Bonchev–Trinajstić information content (AvgIpc) is 3.20. The highest BCUT2D eigenvalue weighted by molar-refractivity contribution is 7.89. The van der Waals surface area contributed by atoms with Crippen molar-refractivity contribution in [1.29, 1.82) is 0 Å². The highest BCUT2D eigenvalue weighted by Crippen LogP contribution is 2.27. The monoisotopic (exact) mass is 302 g/mol. The molecular weight excluding hydrogens is 276 g/mol. The first-order valence-electron chi connectivity index (χ1n) is 7.80. The zero-order valence-corrected chi connectivity index (χ0v) is 13.0. The summed E-state index contributed by atoms with van der Waals surface area (Å²) in [6, 6.07) is 0.310. The molecule has 0 radical (unpaired) electrons. The van der Waals surface area contributed by atoms with E-state index in [2.05, 4.69) is 10.0 Å². The van der Waals surface area contributed by atoms with Gasteiger partial charge in [-0.1, -0.05) is 19.8 Å². The van der Waals surface area contributed by atoms with Gasteiger partial charge in [0.2, 0.25) is 15.9 Å². The first-order valence-corrected chi connectivity index (χ1v) is 9.46. The maximum absolute atomic E-state index is 12.0. The van der Waals surface area contributed by atoms with Crippen LogP contribution < -0.4 is 10.0 Å². The minimum Gasteiger partial charge on any atom is -0.353 e. The van der Waals surface area contributed by atoms with Crippen molar-refractivity contribution < 1.29 is 13.2 Å². The van der Waals surface area contributed by atoms with E-state index < -0.39 is 10.0 Å². The fourth-order valence-corrected chi connectivity index (χ4v) is 4.24. The summed E-state index contributed by atoms with van der Waals surface area (Å²) in [4.78, 5) is 12.0. The number of rotatable bonds is 7. The second kappa shape index (κ2) is 6.89. The molecule has 5 nitrogen and oxygen atoms in total. The van der Waals surface area contributed by atoms with E-state index in [9.17, 15) is 13.2 Å². The minimum atomic E-state index is -3.18. The molecule has 2 aliphatic rings. The molecule has 1 amide bonds. The van der Waals surface area contributed by atoms with Crippen LogP contribution in [-0.2, 0) is 14.8 Å². The number of unbranched alkanes of at least 4 members (excludes halogenated alkanes) is 1. The van der Waals surface area contributed by atoms with Gasteiger partial charge in [-0.2, -0.15) is 0 Å². The molecule has 6 heteroatoms. The van der Waals surface area contributed by atoms with E-state index in [1.807, 2.05) is 6.92 Å². The van der Waals surface area contributed by atoms with Crippen LogP contribution >= 0.6 is 0 Å². The van der Waals surface area contributed by atoms with Crippen molar-refractivity contribution in [3.8, 4) is 0 Å². The van der Waals surface area contributed by atoms with Crippen LogP contribution in [0.3, 0.4) is 0 Å². The molecular formula is C14H26N2O3S. The van der Waals surface area contributed by atoms with Crippen LogP contribution in [0.15, 0.2) is 0 Å². The van der Waals surface area contributed by atoms with Gasteiger partial charge in [0, 0.05) is 18.0 Å². The maximum atomic E-state index is 12.0. The Morgan fingerprint density at radius 3 is 2.55 bits per heavy atom. The molecule has 0 aromatic heterocycles. The Balaban J connectivity index is 1.81. The second-order valence-electron chi connectivity index (χ2n) is 6.13. The van der Waals surface area contributed by atoms with Crippen molar-refractivity contribution in [2.24, 2.45) is 5.92 Å². The molecule has 2 fully saturated rings. The highest BCUT2D eigenvalue weighted by atomic mass is 32.2. The number of hydrogen-bond donors (Lipinski definition) is 2. The summed E-state index contributed by atoms with van der Waals surface area (Å²) >= 11 is 0. The lowest BCUT2D eigenvalue weighted by molar-refractivity contribution is -0.126. The Morgan fingerprint density at radius 2 is 1.90 bits per heavy atom. The Morgan fingerprint density at radius 1 is 1.15 bits per heavy atom. The van der Waals surface area contributed by atoms with E-state index >= 15 is 0 Å². The van der Waals surface area contributed by atoms with E-state index in [1.54, 1.807) is 0 Å². The second-order valence-corrected chi connectivity index (χ2v) is 8.01. The van der Waals surface area contributed by atoms with Crippen LogP contribution in [0.25, 0.3) is 0 Å². The van der Waals surface area contributed by atoms with Gasteiger partial charge in [-0.3, -0.25) is 4.79 Å². The normalized spacial score (nSPS) is 27.2. The number of carbonyl (C=O) groups excluding carboxylic acids is 1. The van der Waals surface area contributed by atoms with Crippen LogP contribution in [0.5, 0.6) is 0 Å².